The molecule has 0 aromatic heterocycles. The van der Waals surface area contributed by atoms with Gasteiger partial charge in [0, 0.05) is 10.7 Å². The number of rotatable bonds is 3. The number of anilines is 1. The van der Waals surface area contributed by atoms with Crippen molar-refractivity contribution in [1.29, 1.82) is 0 Å². The monoisotopic (exact) mass is 323 g/mol. The van der Waals surface area contributed by atoms with E-state index >= 15 is 0 Å². The van der Waals surface area contributed by atoms with Gasteiger partial charge in [0.15, 0.2) is 0 Å². The molecule has 5 nitrogen and oxygen atoms in total. The van der Waals surface area contributed by atoms with Crippen LogP contribution < -0.4 is 10.2 Å². The molecule has 108 valence electrons. The van der Waals surface area contributed by atoms with E-state index in [4.69, 9.17) is 16.3 Å². The van der Waals surface area contributed by atoms with Gasteiger partial charge in [-0.2, -0.15) is 0 Å². The van der Waals surface area contributed by atoms with Gasteiger partial charge in [0.2, 0.25) is 0 Å². The first-order valence-corrected chi connectivity index (χ1v) is 8.03. The number of halogens is 1. The third-order valence-electron chi connectivity index (χ3n) is 3.17. The van der Waals surface area contributed by atoms with Gasteiger partial charge in [-0.15, -0.1) is 0 Å². The predicted octanol–water partition coefficient (Wildman–Crippen LogP) is 1.36. The van der Waals surface area contributed by atoms with Crippen molar-refractivity contribution in [1.82, 2.24) is 0 Å². The minimum atomic E-state index is -3.73. The van der Waals surface area contributed by atoms with Gasteiger partial charge in [-0.05, 0) is 41.4 Å². The van der Waals surface area contributed by atoms with Crippen molar-refractivity contribution in [2.45, 2.75) is 11.5 Å². The van der Waals surface area contributed by atoms with Crippen LogP contribution in [0.4, 0.5) is 5.69 Å². The Morgan fingerprint density at radius 1 is 1.24 bits per heavy atom. The van der Waals surface area contributed by atoms with Crippen LogP contribution in [0.2, 0.25) is 5.02 Å². The first-order valence-electron chi connectivity index (χ1n) is 6.16. The third kappa shape index (κ3) is 2.91. The van der Waals surface area contributed by atoms with Crippen LogP contribution in [0, 0.1) is 0 Å². The van der Waals surface area contributed by atoms with Gasteiger partial charge in [0.1, 0.15) is 0 Å². The summed E-state index contributed by atoms with van der Waals surface area (Å²) < 4.78 is 32.1. The molecular weight excluding hydrogens is 312 g/mol. The molecule has 0 fully saturated rings. The van der Waals surface area contributed by atoms with E-state index in [9.17, 15) is 13.4 Å². The summed E-state index contributed by atoms with van der Waals surface area (Å²) in [5.74, 6) is 0. The lowest BCUT2D eigenvalue weighted by molar-refractivity contribution is 0.275. The summed E-state index contributed by atoms with van der Waals surface area (Å²) in [7, 11) is -4.75. The van der Waals surface area contributed by atoms with Crippen molar-refractivity contribution >= 4 is 39.9 Å². The Labute approximate surface area is 127 Å². The summed E-state index contributed by atoms with van der Waals surface area (Å²) in [5, 5.41) is 9.98. The number of sulfonamides is 1. The molecule has 8 heteroatoms. The van der Waals surface area contributed by atoms with Crippen molar-refractivity contribution < 1.29 is 18.1 Å². The average Bonchev–Trinajstić information content (AvgIpc) is 2.80. The standard InChI is InChI=1S/C13H11BClNO4S/c15-10-2-1-3-12(6-10)21(18,19)16-11-5-4-9-8-20-14(17)13(9)7-11/h1-7,16-17H,8H2. The van der Waals surface area contributed by atoms with Gasteiger partial charge < -0.3 is 9.68 Å². The van der Waals surface area contributed by atoms with Crippen LogP contribution in [-0.4, -0.2) is 20.6 Å². The smallest absolute Gasteiger partial charge is 0.423 e. The highest BCUT2D eigenvalue weighted by Gasteiger charge is 2.27. The Morgan fingerprint density at radius 3 is 2.81 bits per heavy atom. The maximum Gasteiger partial charge on any atom is 0.491 e. The minimum Gasteiger partial charge on any atom is -0.423 e. The molecular formula is C13H11BClNO4S. The molecule has 1 aliphatic heterocycles. The molecule has 1 aliphatic rings. The van der Waals surface area contributed by atoms with E-state index in [2.05, 4.69) is 4.72 Å². The van der Waals surface area contributed by atoms with Crippen LogP contribution in [0.1, 0.15) is 5.56 Å². The largest absolute Gasteiger partial charge is 0.491 e. The zero-order valence-corrected chi connectivity index (χ0v) is 12.4. The molecule has 0 spiro atoms. The quantitative estimate of drug-likeness (QED) is 0.836. The average molecular weight is 324 g/mol. The molecule has 0 atom stereocenters. The van der Waals surface area contributed by atoms with Crippen LogP contribution in [0.3, 0.4) is 0 Å². The molecule has 2 aromatic carbocycles. The lowest BCUT2D eigenvalue weighted by atomic mass is 9.79. The second-order valence-electron chi connectivity index (χ2n) is 4.64. The highest BCUT2D eigenvalue weighted by Crippen LogP contribution is 2.20. The first-order chi connectivity index (χ1) is 9.95. The van der Waals surface area contributed by atoms with Gasteiger partial charge in [-0.25, -0.2) is 8.42 Å². The van der Waals surface area contributed by atoms with Crippen LogP contribution >= 0.6 is 11.6 Å². The Morgan fingerprint density at radius 2 is 2.05 bits per heavy atom. The molecule has 0 amide bonds. The summed E-state index contributed by atoms with van der Waals surface area (Å²) in [6.45, 7) is 0.317. The van der Waals surface area contributed by atoms with Crippen molar-refractivity contribution in [2.24, 2.45) is 0 Å². The van der Waals surface area contributed by atoms with Crippen molar-refractivity contribution in [3.63, 3.8) is 0 Å². The molecule has 2 aromatic rings. The van der Waals surface area contributed by atoms with E-state index < -0.39 is 17.1 Å². The van der Waals surface area contributed by atoms with Crippen molar-refractivity contribution in [2.75, 3.05) is 4.72 Å². The number of benzene rings is 2. The van der Waals surface area contributed by atoms with Crippen LogP contribution in [0.25, 0.3) is 0 Å². The second-order valence-corrected chi connectivity index (χ2v) is 6.76. The fraction of sp³-hybridized carbons (Fsp3) is 0.0769. The van der Waals surface area contributed by atoms with Gasteiger partial charge in [0.25, 0.3) is 10.0 Å². The molecule has 1 heterocycles. The Kier molecular flexibility index (Phi) is 3.67. The lowest BCUT2D eigenvalue weighted by Gasteiger charge is -2.09. The number of hydrogen-bond donors (Lipinski definition) is 2. The summed E-state index contributed by atoms with van der Waals surface area (Å²) in [6.07, 6.45) is 0. The van der Waals surface area contributed by atoms with Crippen molar-refractivity contribution in [3.8, 4) is 0 Å². The fourth-order valence-electron chi connectivity index (χ4n) is 2.13. The molecule has 0 aliphatic carbocycles. The molecule has 0 saturated heterocycles. The fourth-order valence-corrected chi connectivity index (χ4v) is 3.48. The third-order valence-corrected chi connectivity index (χ3v) is 4.78. The van der Waals surface area contributed by atoms with Crippen LogP contribution in [-0.2, 0) is 21.3 Å². The van der Waals surface area contributed by atoms with Crippen LogP contribution in [0.15, 0.2) is 47.4 Å². The SMILES string of the molecule is O=S(=O)(Nc1ccc2c(c1)B(O)OC2)c1cccc(Cl)c1. The highest BCUT2D eigenvalue weighted by atomic mass is 35.5. The van der Waals surface area contributed by atoms with E-state index in [1.54, 1.807) is 30.3 Å². The van der Waals surface area contributed by atoms with Gasteiger partial charge in [0.05, 0.1) is 11.5 Å². The zero-order chi connectivity index (χ0) is 15.0. The lowest BCUT2D eigenvalue weighted by Crippen LogP contribution is -2.28. The maximum absolute atomic E-state index is 12.3. The second kappa shape index (κ2) is 5.34. The van der Waals surface area contributed by atoms with E-state index in [0.717, 1.165) is 5.56 Å². The molecule has 0 bridgehead atoms. The number of nitrogens with one attached hydrogen (secondary N) is 1. The number of hydrogen-bond acceptors (Lipinski definition) is 4. The van der Waals surface area contributed by atoms with E-state index in [1.807, 2.05) is 0 Å². The van der Waals surface area contributed by atoms with E-state index in [0.29, 0.717) is 22.8 Å². The molecule has 3 rings (SSSR count). The van der Waals surface area contributed by atoms with Crippen LogP contribution in [0.5, 0.6) is 0 Å². The summed E-state index contributed by atoms with van der Waals surface area (Å²) in [5.41, 5.74) is 1.77. The Hall–Kier alpha value is -1.54. The number of fused-ring (bicyclic) bond motifs is 1. The first kappa shape index (κ1) is 14.4. The van der Waals surface area contributed by atoms with Crippen molar-refractivity contribution in [3.05, 3.63) is 53.1 Å². The molecule has 21 heavy (non-hydrogen) atoms. The van der Waals surface area contributed by atoms with Gasteiger partial charge in [-0.1, -0.05) is 23.7 Å². The van der Waals surface area contributed by atoms with Gasteiger partial charge in [-0.3, -0.25) is 4.72 Å². The molecule has 0 radical (unpaired) electrons. The molecule has 0 unspecified atom stereocenters. The van der Waals surface area contributed by atoms with Gasteiger partial charge >= 0.3 is 7.12 Å². The summed E-state index contributed by atoms with van der Waals surface area (Å²) >= 11 is 5.81. The minimum absolute atomic E-state index is 0.0762. The normalized spacial score (nSPS) is 14.1. The van der Waals surface area contributed by atoms with E-state index in [-0.39, 0.29) is 4.90 Å². The Bertz CT molecular complexity index is 797. The summed E-state index contributed by atoms with van der Waals surface area (Å²) in [4.78, 5) is 0.0762. The topological polar surface area (TPSA) is 75.6 Å². The predicted molar refractivity (Wildman–Crippen MR) is 81.1 cm³/mol. The maximum atomic E-state index is 12.3. The zero-order valence-electron chi connectivity index (χ0n) is 10.8. The summed E-state index contributed by atoms with van der Waals surface area (Å²) in [6, 6.07) is 10.9. The molecule has 2 N–H and O–H groups in total. The Balaban J connectivity index is 1.91. The molecule has 0 saturated carbocycles. The highest BCUT2D eigenvalue weighted by molar-refractivity contribution is 7.92. The van der Waals surface area contributed by atoms with E-state index in [1.165, 1.54) is 12.1 Å².